The van der Waals surface area contributed by atoms with E-state index in [1.807, 2.05) is 0 Å². The highest BCUT2D eigenvalue weighted by Gasteiger charge is 2.83. The fraction of sp³-hybridized carbons (Fsp3) is 0.857. The molecule has 0 saturated carbocycles. The third kappa shape index (κ3) is 3.30. The first-order chi connectivity index (χ1) is 9.65. The molecule has 0 saturated heterocycles. The van der Waals surface area contributed by atoms with Crippen LogP contribution < -0.4 is 0 Å². The summed E-state index contributed by atoms with van der Waals surface area (Å²) in [6, 6.07) is -4.52. The highest BCUT2D eigenvalue weighted by molar-refractivity contribution is 5.77. The van der Waals surface area contributed by atoms with E-state index in [1.54, 1.807) is 0 Å². The van der Waals surface area contributed by atoms with Gasteiger partial charge in [-0.2, -0.15) is 61.5 Å². The summed E-state index contributed by atoms with van der Waals surface area (Å²) in [7, 11) is 0. The molecule has 0 aromatic rings. The summed E-state index contributed by atoms with van der Waals surface area (Å²) in [6.07, 6.45) is -22.3. The predicted molar refractivity (Wildman–Crippen MR) is 38.0 cm³/mol. The first-order valence-corrected chi connectivity index (χ1v) is 4.51. The number of rotatable bonds is 6. The molecule has 0 amide bonds. The van der Waals surface area contributed by atoms with E-state index in [0.29, 0.717) is 0 Å². The number of carbonyl (C=O) groups excluding carboxylic acids is 1. The molecule has 0 fully saturated rings. The van der Waals surface area contributed by atoms with Crippen LogP contribution in [0.4, 0.5) is 61.5 Å². The summed E-state index contributed by atoms with van der Waals surface area (Å²) in [6.45, 7) is 0. The van der Waals surface area contributed by atoms with Gasteiger partial charge in [0.15, 0.2) is 0 Å². The van der Waals surface area contributed by atoms with Crippen LogP contribution in [0.15, 0.2) is 0 Å². The maximum atomic E-state index is 12.5. The number of alkyl halides is 13. The van der Waals surface area contributed by atoms with Crippen molar-refractivity contribution in [3.63, 3.8) is 0 Å². The van der Waals surface area contributed by atoms with Gasteiger partial charge in [0, 0.05) is 0 Å². The minimum absolute atomic E-state index is 1.23. The molecule has 138 valence electrons. The van der Waals surface area contributed by atoms with E-state index in [0.717, 1.165) is 0 Å². The number of hydrogen-bond donors (Lipinski definition) is 0. The van der Waals surface area contributed by atoms with Crippen LogP contribution in [-0.2, 0) is 9.53 Å². The lowest BCUT2D eigenvalue weighted by Crippen LogP contribution is -2.63. The van der Waals surface area contributed by atoms with E-state index in [-0.39, 0.29) is 0 Å². The van der Waals surface area contributed by atoms with Crippen LogP contribution >= 0.6 is 0 Å². The monoisotopic (exact) mass is 382 g/mol. The topological polar surface area (TPSA) is 26.3 Å². The normalized spacial score (nSPS) is 15.7. The Bertz CT molecular complexity index is 462. The Hall–Kier alpha value is -1.35. The Balaban J connectivity index is 5.86. The Morgan fingerprint density at radius 3 is 1.17 bits per heavy atom. The zero-order valence-electron chi connectivity index (χ0n) is 9.61. The summed E-state index contributed by atoms with van der Waals surface area (Å²) in [4.78, 5) is 9.48. The summed E-state index contributed by atoms with van der Waals surface area (Å²) < 4.78 is 171. The molecule has 0 N–H and O–H groups in total. The molecule has 0 heterocycles. The van der Waals surface area contributed by atoms with Crippen molar-refractivity contribution in [3.05, 3.63) is 0 Å². The van der Waals surface area contributed by atoms with Crippen molar-refractivity contribution < 1.29 is 71.0 Å². The Morgan fingerprint density at radius 2 is 0.913 bits per heavy atom. The molecule has 0 aliphatic rings. The van der Waals surface area contributed by atoms with Crippen LogP contribution in [0.1, 0.15) is 0 Å². The van der Waals surface area contributed by atoms with Crippen molar-refractivity contribution in [2.24, 2.45) is 0 Å². The van der Waals surface area contributed by atoms with Crippen molar-refractivity contribution in [1.82, 2.24) is 0 Å². The van der Waals surface area contributed by atoms with Gasteiger partial charge in [-0.3, -0.25) is 4.79 Å². The molecule has 0 aliphatic carbocycles. The van der Waals surface area contributed by atoms with Crippen molar-refractivity contribution in [1.29, 1.82) is 0 Å². The van der Waals surface area contributed by atoms with Gasteiger partial charge in [-0.05, 0) is 0 Å². The predicted octanol–water partition coefficient (Wildman–Crippen LogP) is 4.15. The van der Waals surface area contributed by atoms with Crippen molar-refractivity contribution in [2.45, 2.75) is 36.2 Å². The highest BCUT2D eigenvalue weighted by atomic mass is 19.4. The molecule has 0 spiro atoms. The van der Waals surface area contributed by atoms with Crippen LogP contribution in [-0.4, -0.2) is 42.2 Å². The zero-order chi connectivity index (χ0) is 19.3. The van der Waals surface area contributed by atoms with Gasteiger partial charge in [0.1, 0.15) is 0 Å². The molecule has 0 radical (unpaired) electrons. The highest BCUT2D eigenvalue weighted by Crippen LogP contribution is 2.53. The first kappa shape index (κ1) is 21.6. The lowest BCUT2D eigenvalue weighted by molar-refractivity contribution is -0.505. The number of hydrogen-bond acceptors (Lipinski definition) is 2. The largest absolute Gasteiger partial charge is 0.462 e. The van der Waals surface area contributed by atoms with E-state index >= 15 is 0 Å². The van der Waals surface area contributed by atoms with E-state index in [9.17, 15) is 66.3 Å². The average Bonchev–Trinajstić information content (AvgIpc) is 2.24. The van der Waals surface area contributed by atoms with Gasteiger partial charge in [-0.1, -0.05) is 0 Å². The van der Waals surface area contributed by atoms with Crippen molar-refractivity contribution >= 4 is 6.04 Å². The molecular formula is C7F14O2. The second-order valence-corrected chi connectivity index (χ2v) is 3.63. The molecule has 0 aromatic carbocycles. The Morgan fingerprint density at radius 1 is 0.609 bits per heavy atom. The Kier molecular flexibility index (Phi) is 5.02. The van der Waals surface area contributed by atoms with Crippen LogP contribution in [0.25, 0.3) is 0 Å². The second-order valence-electron chi connectivity index (χ2n) is 3.63. The number of ether oxygens (including phenoxy) is 1. The Labute approximate surface area is 115 Å². The zero-order valence-corrected chi connectivity index (χ0v) is 9.61. The third-order valence-corrected chi connectivity index (χ3v) is 1.98. The number of carbonyl (C=O) groups is 1. The van der Waals surface area contributed by atoms with Gasteiger partial charge < -0.3 is 0 Å². The molecule has 16 heteroatoms. The van der Waals surface area contributed by atoms with Crippen molar-refractivity contribution in [3.8, 4) is 0 Å². The summed E-state index contributed by atoms with van der Waals surface area (Å²) in [5, 5.41) is 0. The van der Waals surface area contributed by atoms with E-state index in [4.69, 9.17) is 0 Å². The standard InChI is InChI=1S/C7F14O2/c8-1(22)2(9,10)3(11,12)6(18,19)23-7(20,21)4(13,14)5(15,16)17. The van der Waals surface area contributed by atoms with E-state index in [2.05, 4.69) is 0 Å². The van der Waals surface area contributed by atoms with Crippen molar-refractivity contribution in [2.75, 3.05) is 0 Å². The molecule has 2 nitrogen and oxygen atoms in total. The minimum Gasteiger partial charge on any atom is -0.254 e. The van der Waals surface area contributed by atoms with Gasteiger partial charge in [0.25, 0.3) is 0 Å². The molecule has 0 unspecified atom stereocenters. The lowest BCUT2D eigenvalue weighted by Gasteiger charge is -2.34. The maximum absolute atomic E-state index is 12.5. The molecule has 0 aromatic heterocycles. The maximum Gasteiger partial charge on any atom is 0.462 e. The summed E-state index contributed by atoms with van der Waals surface area (Å²) >= 11 is 0. The fourth-order valence-corrected chi connectivity index (χ4v) is 0.760. The van der Waals surface area contributed by atoms with Gasteiger partial charge in [-0.25, -0.2) is 4.74 Å². The molecule has 23 heavy (non-hydrogen) atoms. The average molecular weight is 382 g/mol. The van der Waals surface area contributed by atoms with Crippen LogP contribution in [0.2, 0.25) is 0 Å². The fourth-order valence-electron chi connectivity index (χ4n) is 0.760. The van der Waals surface area contributed by atoms with Gasteiger partial charge in [0.05, 0.1) is 0 Å². The molecule has 0 rings (SSSR count). The third-order valence-electron chi connectivity index (χ3n) is 1.98. The minimum atomic E-state index is -7.53. The van der Waals surface area contributed by atoms with E-state index in [1.165, 1.54) is 4.74 Å². The lowest BCUT2D eigenvalue weighted by atomic mass is 10.1. The SMILES string of the molecule is O=C(F)C(F)(F)C(F)(F)C(F)(F)OC(F)(F)C(F)(F)C(F)(F)F. The molecule has 0 bridgehead atoms. The first-order valence-electron chi connectivity index (χ1n) is 4.51. The number of halogens is 14. The van der Waals surface area contributed by atoms with Crippen LogP contribution in [0, 0.1) is 0 Å². The summed E-state index contributed by atoms with van der Waals surface area (Å²) in [5.74, 6) is -22.1. The van der Waals surface area contributed by atoms with Gasteiger partial charge in [-0.15, -0.1) is 0 Å². The molecule has 0 atom stereocenters. The van der Waals surface area contributed by atoms with Gasteiger partial charge in [0.2, 0.25) is 0 Å². The van der Waals surface area contributed by atoms with Crippen LogP contribution in [0.5, 0.6) is 0 Å². The summed E-state index contributed by atoms with van der Waals surface area (Å²) in [5.41, 5.74) is 0. The second kappa shape index (κ2) is 5.34. The van der Waals surface area contributed by atoms with Crippen LogP contribution in [0.3, 0.4) is 0 Å². The molecular weight excluding hydrogens is 382 g/mol. The van der Waals surface area contributed by atoms with E-state index < -0.39 is 42.2 Å². The molecule has 0 aliphatic heterocycles. The van der Waals surface area contributed by atoms with Gasteiger partial charge >= 0.3 is 42.2 Å². The quantitative estimate of drug-likeness (QED) is 0.510. The smallest absolute Gasteiger partial charge is 0.254 e.